The second kappa shape index (κ2) is 6.75. The van der Waals surface area contributed by atoms with Crippen LogP contribution in [0.1, 0.15) is 44.6 Å². The zero-order valence-corrected chi connectivity index (χ0v) is 10.9. The summed E-state index contributed by atoms with van der Waals surface area (Å²) in [6.45, 7) is 3.31. The summed E-state index contributed by atoms with van der Waals surface area (Å²) in [4.78, 5) is 4.10. The Balaban J connectivity index is 1.99. The van der Waals surface area contributed by atoms with Gasteiger partial charge in [0.05, 0.1) is 0 Å². The fourth-order valence-corrected chi connectivity index (χ4v) is 2.98. The van der Waals surface area contributed by atoms with Crippen molar-refractivity contribution in [1.29, 1.82) is 0 Å². The molecular formula is C15H24N2. The van der Waals surface area contributed by atoms with Gasteiger partial charge in [-0.3, -0.25) is 4.98 Å². The minimum atomic E-state index is 0.718. The van der Waals surface area contributed by atoms with Gasteiger partial charge in [0.2, 0.25) is 0 Å². The van der Waals surface area contributed by atoms with Gasteiger partial charge in [-0.2, -0.15) is 0 Å². The van der Waals surface area contributed by atoms with Crippen LogP contribution in [0.3, 0.4) is 0 Å². The first-order valence-electron chi connectivity index (χ1n) is 7.02. The number of nitrogens with one attached hydrogen (secondary N) is 1. The average Bonchev–Trinajstić information content (AvgIpc) is 2.57. The fraction of sp³-hybridized carbons (Fsp3) is 0.667. The molecule has 0 aliphatic heterocycles. The molecule has 2 unspecified atom stereocenters. The smallest absolute Gasteiger partial charge is 0.0270 e. The van der Waals surface area contributed by atoms with E-state index < -0.39 is 0 Å². The van der Waals surface area contributed by atoms with Crippen molar-refractivity contribution in [2.24, 2.45) is 5.92 Å². The Hall–Kier alpha value is -0.890. The van der Waals surface area contributed by atoms with Crippen molar-refractivity contribution in [1.82, 2.24) is 10.3 Å². The molecule has 1 heterocycles. The van der Waals surface area contributed by atoms with Crippen LogP contribution in [-0.4, -0.2) is 17.6 Å². The van der Waals surface area contributed by atoms with Crippen LogP contribution in [0.15, 0.2) is 24.5 Å². The Morgan fingerprint density at radius 3 is 2.71 bits per heavy atom. The van der Waals surface area contributed by atoms with Gasteiger partial charge >= 0.3 is 0 Å². The maximum absolute atomic E-state index is 4.10. The van der Waals surface area contributed by atoms with Crippen molar-refractivity contribution in [3.8, 4) is 0 Å². The Kier molecular flexibility index (Phi) is 4.99. The molecule has 1 N–H and O–H groups in total. The van der Waals surface area contributed by atoms with E-state index >= 15 is 0 Å². The maximum atomic E-state index is 4.10. The maximum Gasteiger partial charge on any atom is 0.0270 e. The molecule has 2 atom stereocenters. The van der Waals surface area contributed by atoms with Crippen LogP contribution in [0, 0.1) is 5.92 Å². The quantitative estimate of drug-likeness (QED) is 0.806. The first-order chi connectivity index (χ1) is 8.40. The Labute approximate surface area is 105 Å². The van der Waals surface area contributed by atoms with E-state index in [1.807, 2.05) is 12.4 Å². The molecular weight excluding hydrogens is 208 g/mol. The lowest BCUT2D eigenvalue weighted by molar-refractivity contribution is 0.337. The number of rotatable bonds is 4. The first kappa shape index (κ1) is 12.6. The van der Waals surface area contributed by atoms with Crippen molar-refractivity contribution in [3.63, 3.8) is 0 Å². The number of nitrogens with zero attached hydrogens (tertiary/aromatic N) is 1. The van der Waals surface area contributed by atoms with Gasteiger partial charge in [-0.1, -0.05) is 26.2 Å². The van der Waals surface area contributed by atoms with Crippen LogP contribution < -0.4 is 5.32 Å². The zero-order valence-electron chi connectivity index (χ0n) is 10.9. The minimum absolute atomic E-state index is 0.718. The number of aromatic nitrogens is 1. The minimum Gasteiger partial charge on any atom is -0.314 e. The van der Waals surface area contributed by atoms with Gasteiger partial charge in [-0.25, -0.2) is 0 Å². The molecule has 1 aliphatic carbocycles. The normalized spacial score (nSPS) is 25.5. The molecule has 2 nitrogen and oxygen atoms in total. The number of pyridine rings is 1. The Bertz CT molecular complexity index is 310. The molecule has 1 aromatic heterocycles. The van der Waals surface area contributed by atoms with E-state index in [1.165, 1.54) is 44.1 Å². The van der Waals surface area contributed by atoms with Crippen LogP contribution in [0.2, 0.25) is 0 Å². The summed E-state index contributed by atoms with van der Waals surface area (Å²) in [7, 11) is 0. The summed E-state index contributed by atoms with van der Waals surface area (Å²) in [5.41, 5.74) is 1.44. The highest BCUT2D eigenvalue weighted by atomic mass is 14.9. The van der Waals surface area contributed by atoms with Crippen molar-refractivity contribution in [2.45, 2.75) is 51.5 Å². The van der Waals surface area contributed by atoms with E-state index in [0.717, 1.165) is 18.5 Å². The Morgan fingerprint density at radius 2 is 1.94 bits per heavy atom. The molecule has 1 aromatic rings. The monoisotopic (exact) mass is 232 g/mol. The van der Waals surface area contributed by atoms with Crippen molar-refractivity contribution < 1.29 is 0 Å². The summed E-state index contributed by atoms with van der Waals surface area (Å²) in [5.74, 6) is 0.805. The summed E-state index contributed by atoms with van der Waals surface area (Å²) in [5, 5.41) is 3.68. The molecule has 0 amide bonds. The third kappa shape index (κ3) is 3.81. The predicted molar refractivity (Wildman–Crippen MR) is 72.0 cm³/mol. The van der Waals surface area contributed by atoms with Crippen molar-refractivity contribution in [2.75, 3.05) is 6.54 Å². The number of hydrogen-bond acceptors (Lipinski definition) is 2. The molecule has 0 aromatic carbocycles. The van der Waals surface area contributed by atoms with E-state index in [9.17, 15) is 0 Å². The van der Waals surface area contributed by atoms with Crippen molar-refractivity contribution >= 4 is 0 Å². The zero-order chi connectivity index (χ0) is 11.9. The van der Waals surface area contributed by atoms with E-state index in [-0.39, 0.29) is 0 Å². The molecule has 0 radical (unpaired) electrons. The molecule has 0 bridgehead atoms. The van der Waals surface area contributed by atoms with Crippen LogP contribution in [0.5, 0.6) is 0 Å². The van der Waals surface area contributed by atoms with E-state index in [4.69, 9.17) is 0 Å². The number of hydrogen-bond donors (Lipinski definition) is 1. The third-order valence-corrected chi connectivity index (χ3v) is 3.87. The fourth-order valence-electron chi connectivity index (χ4n) is 2.98. The second-order valence-corrected chi connectivity index (χ2v) is 5.12. The lowest BCUT2D eigenvalue weighted by atomic mass is 9.88. The molecule has 17 heavy (non-hydrogen) atoms. The SMILES string of the molecule is CCNC1CCCCCC1Cc1ccncc1. The van der Waals surface area contributed by atoms with Gasteiger partial charge in [-0.15, -0.1) is 0 Å². The second-order valence-electron chi connectivity index (χ2n) is 5.12. The van der Waals surface area contributed by atoms with Gasteiger partial charge in [-0.05, 0) is 49.4 Å². The summed E-state index contributed by atoms with van der Waals surface area (Å²) >= 11 is 0. The van der Waals surface area contributed by atoms with Crippen LogP contribution >= 0.6 is 0 Å². The summed E-state index contributed by atoms with van der Waals surface area (Å²) < 4.78 is 0. The largest absolute Gasteiger partial charge is 0.314 e. The molecule has 94 valence electrons. The predicted octanol–water partition coefficient (Wildman–Crippen LogP) is 3.18. The van der Waals surface area contributed by atoms with Gasteiger partial charge < -0.3 is 5.32 Å². The standard InChI is InChI=1S/C15H24N2/c1-2-17-15-7-5-3-4-6-14(15)12-13-8-10-16-11-9-13/h8-11,14-15,17H,2-7,12H2,1H3. The summed E-state index contributed by atoms with van der Waals surface area (Å²) in [6, 6.07) is 5.04. The van der Waals surface area contributed by atoms with Gasteiger partial charge in [0.25, 0.3) is 0 Å². The molecule has 1 saturated carbocycles. The lowest BCUT2D eigenvalue weighted by Crippen LogP contribution is -2.36. The lowest BCUT2D eigenvalue weighted by Gasteiger charge is -2.26. The van der Waals surface area contributed by atoms with E-state index in [1.54, 1.807) is 0 Å². The van der Waals surface area contributed by atoms with Crippen LogP contribution in [0.4, 0.5) is 0 Å². The molecule has 0 saturated heterocycles. The van der Waals surface area contributed by atoms with Gasteiger partial charge in [0.15, 0.2) is 0 Å². The van der Waals surface area contributed by atoms with E-state index in [0.29, 0.717) is 0 Å². The third-order valence-electron chi connectivity index (χ3n) is 3.87. The first-order valence-corrected chi connectivity index (χ1v) is 7.02. The highest BCUT2D eigenvalue weighted by Crippen LogP contribution is 2.26. The molecule has 1 aliphatic rings. The highest BCUT2D eigenvalue weighted by molar-refractivity contribution is 5.11. The van der Waals surface area contributed by atoms with Crippen LogP contribution in [0.25, 0.3) is 0 Å². The van der Waals surface area contributed by atoms with Gasteiger partial charge in [0.1, 0.15) is 0 Å². The molecule has 0 spiro atoms. The topological polar surface area (TPSA) is 24.9 Å². The molecule has 2 rings (SSSR count). The van der Waals surface area contributed by atoms with Crippen molar-refractivity contribution in [3.05, 3.63) is 30.1 Å². The average molecular weight is 232 g/mol. The highest BCUT2D eigenvalue weighted by Gasteiger charge is 2.22. The van der Waals surface area contributed by atoms with Crippen LogP contribution in [-0.2, 0) is 6.42 Å². The Morgan fingerprint density at radius 1 is 1.18 bits per heavy atom. The van der Waals surface area contributed by atoms with E-state index in [2.05, 4.69) is 29.4 Å². The van der Waals surface area contributed by atoms with Gasteiger partial charge in [0, 0.05) is 18.4 Å². The molecule has 2 heteroatoms. The summed E-state index contributed by atoms with van der Waals surface area (Å²) in [6.07, 6.45) is 12.0. The molecule has 1 fully saturated rings.